The number of aryl methyl sites for hydroxylation is 2. The molecule has 8 rings (SSSR count). The Kier molecular flexibility index (Phi) is 24.7. The minimum absolute atomic E-state index is 0. The summed E-state index contributed by atoms with van der Waals surface area (Å²) >= 11 is 1.75. The normalized spacial score (nSPS) is 17.5. The zero-order valence-corrected chi connectivity index (χ0v) is 40.1. The van der Waals surface area contributed by atoms with E-state index in [-0.39, 0.29) is 65.7 Å². The molecule has 4 aromatic rings. The predicted octanol–water partition coefficient (Wildman–Crippen LogP) is 10.2. The molecule has 0 spiro atoms. The Morgan fingerprint density at radius 1 is 0.556 bits per heavy atom. The van der Waals surface area contributed by atoms with Crippen LogP contribution in [0.5, 0.6) is 0 Å². The van der Waals surface area contributed by atoms with Crippen molar-refractivity contribution in [1.82, 2.24) is 19.8 Å². The quantitative estimate of drug-likeness (QED) is 0.197. The van der Waals surface area contributed by atoms with Crippen LogP contribution in [0.2, 0.25) is 0 Å². The molecule has 0 radical (unpaired) electrons. The minimum Gasteiger partial charge on any atom is -0.349 e. The molecular formula is C51H76N4O6S2. The van der Waals surface area contributed by atoms with Crippen LogP contribution < -0.4 is 21.8 Å². The molecule has 10 nitrogen and oxygen atoms in total. The molecule has 348 valence electrons. The van der Waals surface area contributed by atoms with Gasteiger partial charge in [0.1, 0.15) is 21.0 Å². The Balaban J connectivity index is 0.000000343. The smallest absolute Gasteiger partial charge is 0.263 e. The molecule has 2 fully saturated rings. The van der Waals surface area contributed by atoms with E-state index in [1.54, 1.807) is 33.0 Å². The van der Waals surface area contributed by atoms with Crippen LogP contribution in [0.25, 0.3) is 0 Å². The Morgan fingerprint density at radius 2 is 0.873 bits per heavy atom. The monoisotopic (exact) mass is 905 g/mol. The van der Waals surface area contributed by atoms with Gasteiger partial charge in [0.15, 0.2) is 0 Å². The number of thioether (sulfide) groups is 1. The van der Waals surface area contributed by atoms with Gasteiger partial charge in [0.2, 0.25) is 0 Å². The van der Waals surface area contributed by atoms with E-state index in [2.05, 4.69) is 34.9 Å². The molecule has 2 aromatic heterocycles. The molecule has 2 N–H and O–H groups in total. The number of hydrogen-bond acceptors (Lipinski definition) is 7. The van der Waals surface area contributed by atoms with Gasteiger partial charge in [-0.1, -0.05) is 122 Å². The third-order valence-corrected chi connectivity index (χ3v) is 11.2. The average molecular weight is 905 g/mol. The maximum atomic E-state index is 13.0. The third kappa shape index (κ3) is 16.6. The van der Waals surface area contributed by atoms with Gasteiger partial charge < -0.3 is 19.8 Å². The number of pyridine rings is 2. The van der Waals surface area contributed by atoms with Crippen LogP contribution in [-0.4, -0.2) is 66.5 Å². The van der Waals surface area contributed by atoms with Gasteiger partial charge in [-0.3, -0.25) is 19.2 Å². The van der Waals surface area contributed by atoms with Crippen molar-refractivity contribution in [2.24, 2.45) is 0 Å². The molecule has 4 aliphatic rings. The van der Waals surface area contributed by atoms with Crippen LogP contribution in [0, 0.1) is 0 Å². The number of nitrogens with zero attached hydrogens (tertiary/aromatic N) is 2. The highest BCUT2D eigenvalue weighted by Crippen LogP contribution is 2.34. The molecule has 0 aliphatic heterocycles. The van der Waals surface area contributed by atoms with Gasteiger partial charge in [-0.25, -0.2) is 8.42 Å². The maximum Gasteiger partial charge on any atom is 0.263 e. The van der Waals surface area contributed by atoms with Gasteiger partial charge >= 0.3 is 0 Å². The molecule has 12 heteroatoms. The summed E-state index contributed by atoms with van der Waals surface area (Å²) in [5, 5.41) is 6.12. The molecule has 0 saturated heterocycles. The van der Waals surface area contributed by atoms with Gasteiger partial charge in [0.05, 0.1) is 12.1 Å². The summed E-state index contributed by atoms with van der Waals surface area (Å²) < 4.78 is 22.7. The van der Waals surface area contributed by atoms with Gasteiger partial charge in [-0.15, -0.1) is 0 Å². The van der Waals surface area contributed by atoms with Crippen LogP contribution >= 0.6 is 11.8 Å². The molecule has 2 heterocycles. The van der Waals surface area contributed by atoms with Gasteiger partial charge in [-0.2, -0.15) is 11.8 Å². The van der Waals surface area contributed by atoms with Gasteiger partial charge in [-0.05, 0) is 110 Å². The Morgan fingerprint density at radius 3 is 1.21 bits per heavy atom. The van der Waals surface area contributed by atoms with Crippen molar-refractivity contribution in [3.05, 3.63) is 139 Å². The number of hydrogen-bond donors (Lipinski definition) is 2. The number of fused-ring (bicyclic) bond motifs is 2. The zero-order valence-electron chi connectivity index (χ0n) is 38.5. The largest absolute Gasteiger partial charge is 0.349 e. The Labute approximate surface area is 383 Å². The second-order valence-electron chi connectivity index (χ2n) is 15.9. The first-order valence-electron chi connectivity index (χ1n) is 22.6. The topological polar surface area (TPSA) is 136 Å². The highest BCUT2D eigenvalue weighted by molar-refractivity contribution is 7.97. The lowest BCUT2D eigenvalue weighted by atomic mass is 9.95. The van der Waals surface area contributed by atoms with E-state index in [1.807, 2.05) is 89.0 Å². The number of aromatic nitrogens is 2. The van der Waals surface area contributed by atoms with Crippen molar-refractivity contribution in [2.45, 2.75) is 149 Å². The molecule has 2 saturated carbocycles. The first-order valence-corrected chi connectivity index (χ1v) is 26.6. The van der Waals surface area contributed by atoms with Crippen molar-refractivity contribution >= 4 is 33.4 Å². The van der Waals surface area contributed by atoms with Crippen LogP contribution in [0.1, 0.15) is 167 Å². The molecule has 4 aliphatic carbocycles. The summed E-state index contributed by atoms with van der Waals surface area (Å²) in [6.07, 6.45) is 25.0. The number of nitrogens with one attached hydrogen (secondary N) is 2. The van der Waals surface area contributed by atoms with Crippen molar-refractivity contribution in [1.29, 1.82) is 0 Å². The van der Waals surface area contributed by atoms with E-state index in [4.69, 9.17) is 0 Å². The van der Waals surface area contributed by atoms with E-state index in [9.17, 15) is 27.6 Å². The summed E-state index contributed by atoms with van der Waals surface area (Å²) in [6, 6.07) is 24.0. The lowest BCUT2D eigenvalue weighted by Gasteiger charge is -2.23. The fourth-order valence-corrected chi connectivity index (χ4v) is 8.52. The lowest BCUT2D eigenvalue weighted by Crippen LogP contribution is -2.40. The Bertz CT molecular complexity index is 2070. The zero-order chi connectivity index (χ0) is 45.7. The molecule has 2 unspecified atom stereocenters. The molecule has 2 amide bonds. The first-order chi connectivity index (χ1) is 29.9. The van der Waals surface area contributed by atoms with E-state index < -0.39 is 9.84 Å². The van der Waals surface area contributed by atoms with E-state index >= 15 is 0 Å². The van der Waals surface area contributed by atoms with Crippen molar-refractivity contribution in [3.63, 3.8) is 0 Å². The van der Waals surface area contributed by atoms with Crippen LogP contribution in [0.4, 0.5) is 0 Å². The number of sulfone groups is 1. The summed E-state index contributed by atoms with van der Waals surface area (Å²) in [4.78, 5) is 51.1. The van der Waals surface area contributed by atoms with E-state index in [1.165, 1.54) is 35.1 Å². The van der Waals surface area contributed by atoms with Crippen molar-refractivity contribution in [3.8, 4) is 0 Å². The van der Waals surface area contributed by atoms with E-state index in [0.29, 0.717) is 0 Å². The molecular weight excluding hydrogens is 829 g/mol. The molecule has 2 aromatic carbocycles. The number of carbonyl (C=O) groups is 2. The second kappa shape index (κ2) is 28.4. The molecule has 63 heavy (non-hydrogen) atoms. The maximum absolute atomic E-state index is 13.0. The van der Waals surface area contributed by atoms with Crippen molar-refractivity contribution in [2.75, 3.05) is 25.0 Å². The summed E-state index contributed by atoms with van der Waals surface area (Å²) in [5.74, 6) is -0.449. The number of carbonyl (C=O) groups excluding carboxylic acids is 2. The predicted molar refractivity (Wildman–Crippen MR) is 266 cm³/mol. The van der Waals surface area contributed by atoms with Gasteiger partial charge in [0, 0.05) is 37.0 Å². The highest BCUT2D eigenvalue weighted by Gasteiger charge is 2.28. The summed E-state index contributed by atoms with van der Waals surface area (Å²) in [6.45, 7) is 8.00. The number of benzene rings is 2. The first kappa shape index (κ1) is 54.7. The standard InChI is InChI=1S/2C21H24N2O2.C2H6O2S.C2H6S.2C2H6.CH4/c2*24-20(22-16-8-2-1-3-9-16)18-11-6-14-23(21(18)25)19-13-12-15-7-4-5-10-17(15)19;1-5(2,3)4;1-3-2;2*1-2;/h2*4-7,10-11,14,16,19H,1-3,8-9,12-13H2,(H,22,24);1-2H3;1-2H3;2*1-2H3;1H4. The van der Waals surface area contributed by atoms with Crippen molar-refractivity contribution < 1.29 is 18.0 Å². The van der Waals surface area contributed by atoms with Crippen LogP contribution in [0.3, 0.4) is 0 Å². The van der Waals surface area contributed by atoms with Crippen LogP contribution in [-0.2, 0) is 22.7 Å². The summed E-state index contributed by atoms with van der Waals surface area (Å²) in [5.41, 5.74) is 5.17. The van der Waals surface area contributed by atoms with E-state index in [0.717, 1.165) is 89.6 Å². The minimum atomic E-state index is -2.67. The third-order valence-electron chi connectivity index (χ3n) is 11.2. The Hall–Kier alpha value is -4.42. The molecule has 0 bridgehead atoms. The highest BCUT2D eigenvalue weighted by atomic mass is 32.2. The SMILES string of the molecule is C.CC.CC.CS(C)(=O)=O.CSC.O=C(NC1CCCCC1)c1cccn(C2CCc3ccccc32)c1=O.O=C(NC1CCCCC1)c1cccn(C2CCc3ccccc32)c1=O. The number of amides is 2. The fourth-order valence-electron chi connectivity index (χ4n) is 8.52. The average Bonchev–Trinajstić information content (AvgIpc) is 3.91. The fraction of sp³-hybridized carbons (Fsp3) is 0.529. The summed E-state index contributed by atoms with van der Waals surface area (Å²) in [7, 11) is -2.67. The van der Waals surface area contributed by atoms with Gasteiger partial charge in [0.25, 0.3) is 22.9 Å². The molecule has 2 atom stereocenters. The number of rotatable bonds is 6. The lowest BCUT2D eigenvalue weighted by molar-refractivity contribution is 0.0917. The van der Waals surface area contributed by atoms with Crippen LogP contribution in [0.15, 0.2) is 94.8 Å². The second-order valence-corrected chi connectivity index (χ2v) is 19.0.